The highest BCUT2D eigenvalue weighted by molar-refractivity contribution is 6.07. The second-order valence-corrected chi connectivity index (χ2v) is 28.0. The number of nitrogens with two attached hydrogens (primary N) is 7. The van der Waals surface area contributed by atoms with Crippen LogP contribution in [0.4, 0.5) is 47.1 Å². The molecule has 0 aliphatic rings. The topological polar surface area (TPSA) is 582 Å². The molecule has 40 nitrogen and oxygen atoms in total. The minimum atomic E-state index is -0.213. The summed E-state index contributed by atoms with van der Waals surface area (Å²) < 4.78 is 60.8. The van der Waals surface area contributed by atoms with Gasteiger partial charge in [0.1, 0.15) is 52.3 Å². The fourth-order valence-corrected chi connectivity index (χ4v) is 10.3. The van der Waals surface area contributed by atoms with E-state index in [1.807, 2.05) is 129 Å². The van der Waals surface area contributed by atoms with Crippen LogP contribution >= 0.6 is 0 Å². The number of ether oxygens (including phenoxy) is 10. The highest BCUT2D eigenvalue weighted by atomic mass is 16.7. The molecule has 125 heavy (non-hydrogen) atoms. The SMILES string of the molecule is C.C.C.COC(OC)N(C)C.COc1cc(C(C)C)c(Oc2cnc(N)nc2N)cc1-c1ncco1.COc1cc(C(C)C)c(Oc2cnc(N)nc2N)cc1C(=O)/C=C/N(C)C.COc1cc(C(C)C)c(Oc2cnc(N)nc2N)cc1C(C)=O.COc1cc(C(C)C)c(Oc2cnc(N=CN(C)C)nc2N=CN(C)C)cc1C(=O)/C=C/N(C)C.N.NO.O. The first kappa shape index (κ1) is 113. The Morgan fingerprint density at radius 1 is 0.424 bits per heavy atom. The summed E-state index contributed by atoms with van der Waals surface area (Å²) in [6.07, 6.45) is 18.2. The maximum absolute atomic E-state index is 12.9. The van der Waals surface area contributed by atoms with Crippen LogP contribution in [0.15, 0.2) is 125 Å². The summed E-state index contributed by atoms with van der Waals surface area (Å²) in [5.74, 6) is 10.5. The fourth-order valence-electron chi connectivity index (χ4n) is 10.3. The third-order valence-corrected chi connectivity index (χ3v) is 16.1. The van der Waals surface area contributed by atoms with Gasteiger partial charge < -0.3 is 123 Å². The summed E-state index contributed by atoms with van der Waals surface area (Å²) in [4.78, 5) is 91.3. The van der Waals surface area contributed by atoms with Gasteiger partial charge >= 0.3 is 0 Å². The Labute approximate surface area is 734 Å². The monoisotopic (exact) mass is 1750 g/mol. The summed E-state index contributed by atoms with van der Waals surface area (Å²) in [5, 5.41) is 6.50. The highest BCUT2D eigenvalue weighted by Gasteiger charge is 2.25. The van der Waals surface area contributed by atoms with Crippen molar-refractivity contribution in [2.24, 2.45) is 15.9 Å². The van der Waals surface area contributed by atoms with Crippen molar-refractivity contribution in [1.82, 2.24) is 75.5 Å². The van der Waals surface area contributed by atoms with E-state index in [0.717, 1.165) is 22.3 Å². The van der Waals surface area contributed by atoms with Gasteiger partial charge in [-0.25, -0.2) is 40.8 Å². The molecule has 4 aromatic carbocycles. The van der Waals surface area contributed by atoms with Gasteiger partial charge in [0.2, 0.25) is 36.0 Å². The zero-order chi connectivity index (χ0) is 89.9. The van der Waals surface area contributed by atoms with Crippen molar-refractivity contribution in [3.63, 3.8) is 0 Å². The van der Waals surface area contributed by atoms with Crippen molar-refractivity contribution in [2.45, 2.75) is 115 Å². The first-order valence-corrected chi connectivity index (χ1v) is 37.0. The molecule has 0 bridgehead atoms. The van der Waals surface area contributed by atoms with E-state index in [1.54, 1.807) is 116 Å². The van der Waals surface area contributed by atoms with Crippen LogP contribution < -0.4 is 84.3 Å². The number of methoxy groups -OCH3 is 6. The van der Waals surface area contributed by atoms with Crippen molar-refractivity contribution in [3.8, 4) is 80.4 Å². The lowest BCUT2D eigenvalue weighted by molar-refractivity contribution is -0.179. The zero-order valence-corrected chi connectivity index (χ0v) is 74.0. The third kappa shape index (κ3) is 34.7. The molecule has 0 atom stereocenters. The molecule has 0 radical (unpaired) electrons. The van der Waals surface area contributed by atoms with E-state index in [4.69, 9.17) is 91.4 Å². The number of ketones is 3. The molecule has 5 aromatic heterocycles. The Balaban J connectivity index is 0. The minimum Gasteiger partial charge on any atom is -0.496 e. The molecule has 9 rings (SSSR count). The van der Waals surface area contributed by atoms with Crippen LogP contribution in [0.3, 0.4) is 0 Å². The van der Waals surface area contributed by atoms with Crippen LogP contribution in [0.25, 0.3) is 11.5 Å². The predicted octanol–water partition coefficient (Wildman–Crippen LogP) is 13.6. The lowest BCUT2D eigenvalue weighted by Gasteiger charge is -2.19. The van der Waals surface area contributed by atoms with Gasteiger partial charge in [0, 0.05) is 117 Å². The van der Waals surface area contributed by atoms with Crippen molar-refractivity contribution < 1.29 is 76.9 Å². The van der Waals surface area contributed by atoms with Crippen molar-refractivity contribution in [1.29, 1.82) is 0 Å². The molecule has 688 valence electrons. The van der Waals surface area contributed by atoms with Crippen LogP contribution in [0, 0.1) is 0 Å². The molecule has 0 unspecified atom stereocenters. The molecular weight excluding hydrogens is 1610 g/mol. The Hall–Kier alpha value is -13.6. The van der Waals surface area contributed by atoms with Crippen LogP contribution in [0.1, 0.15) is 162 Å². The molecule has 9 aromatic rings. The van der Waals surface area contributed by atoms with Crippen molar-refractivity contribution >= 4 is 77.1 Å². The van der Waals surface area contributed by atoms with Gasteiger partial charge in [0.05, 0.1) is 94.4 Å². The van der Waals surface area contributed by atoms with Crippen LogP contribution in [0.2, 0.25) is 0 Å². The van der Waals surface area contributed by atoms with Gasteiger partial charge in [0.25, 0.3) is 5.95 Å². The second kappa shape index (κ2) is 55.4. The van der Waals surface area contributed by atoms with Gasteiger partial charge in [0.15, 0.2) is 57.8 Å². The number of anilines is 6. The number of oxazole rings is 1. The number of benzene rings is 4. The number of nitrogens with zero attached hydrogens (tertiary/aromatic N) is 16. The minimum absolute atomic E-state index is 0. The van der Waals surface area contributed by atoms with E-state index in [0.29, 0.717) is 91.5 Å². The molecule has 5 heterocycles. The largest absolute Gasteiger partial charge is 0.496 e. The van der Waals surface area contributed by atoms with Gasteiger partial charge in [-0.05, 0) is 93.2 Å². The maximum atomic E-state index is 12.9. The van der Waals surface area contributed by atoms with Gasteiger partial charge in [-0.2, -0.15) is 19.9 Å². The van der Waals surface area contributed by atoms with Gasteiger partial charge in [-0.15, -0.1) is 0 Å². The molecule has 0 spiro atoms. The summed E-state index contributed by atoms with van der Waals surface area (Å²) in [6.45, 7) is 17.7. The molecule has 20 N–H and O–H groups in total. The number of aromatic nitrogens is 9. The first-order valence-electron chi connectivity index (χ1n) is 37.0. The lowest BCUT2D eigenvalue weighted by atomic mass is 9.97. The van der Waals surface area contributed by atoms with E-state index in [9.17, 15) is 14.4 Å². The number of hydrogen-bond donors (Lipinski definition) is 9. The number of nitrogen functional groups attached to an aromatic ring is 6. The van der Waals surface area contributed by atoms with E-state index in [-0.39, 0.29) is 134 Å². The van der Waals surface area contributed by atoms with E-state index < -0.39 is 0 Å². The van der Waals surface area contributed by atoms with Crippen molar-refractivity contribution in [3.05, 3.63) is 149 Å². The molecule has 0 aliphatic carbocycles. The van der Waals surface area contributed by atoms with E-state index >= 15 is 0 Å². The molecule has 0 aliphatic heterocycles. The number of carbonyl (C=O) groups is 3. The average Bonchev–Trinajstić information content (AvgIpc) is 1.62. The van der Waals surface area contributed by atoms with Gasteiger partial charge in [-0.1, -0.05) is 77.7 Å². The standard InChI is InChI=1S/C25H35N7O3.C19H25N5O3.C17H19N5O3.C16H20N4O3.C5H13NO2.3CH4.H3NO.H3N.H2O/c1-17(2)18-12-21(34-9)19(20(33)10-11-30(3)4)13-22(18)35-23-14-26-25(28-16-32(7)8)29-24(23)27-15-31(5)6;1-11(2)12-8-15(26-5)13(14(25)6-7-24(3)4)9-16(12)27-17-10-22-19(21)23-18(17)20;1-9(2)10-6-12(23-3)11(16-20-4-5-24-16)7-13(10)25-14-8-21-17(19)22-15(14)18;1-8(2)10-5-12(22-4)11(9(3)21)6-13(10)23-14-7-19-16(18)20-15(14)17;1-6(2)5(7-3)8-4;;;;1-2;;/h10-17H,1-9H3;6-11H,1-5H3,(H4,20,21,22,23);4-9H,1-3H3,(H4,18,19,21,22);5-8H,1-4H3,(H4,17,18,19,20);5H,1-4H3;3*1H4;2H,1H2;1H3;1H2/b11-10+,27-15?,28-16?;7-6+;;;;;;;;;. The number of allylic oxidation sites excluding steroid dienone is 2. The average molecular weight is 1750 g/mol. The molecular formula is C85H132N24O16. The number of carbonyl (C=O) groups excluding carboxylic acids is 3. The highest BCUT2D eigenvalue weighted by Crippen LogP contribution is 2.44. The normalized spacial score (nSPS) is 10.5. The number of aliphatic imine (C=N–C) groups is 2. The Kier molecular flexibility index (Phi) is 50.3. The smallest absolute Gasteiger partial charge is 0.253 e. The lowest BCUT2D eigenvalue weighted by Crippen LogP contribution is -2.30. The zero-order valence-electron chi connectivity index (χ0n) is 74.0. The van der Waals surface area contributed by atoms with Gasteiger partial charge in [-0.3, -0.25) is 19.3 Å². The molecule has 0 amide bonds. The molecule has 40 heteroatoms. The molecule has 0 saturated heterocycles. The Morgan fingerprint density at radius 2 is 0.752 bits per heavy atom. The quantitative estimate of drug-likeness (QED) is 0.00486. The number of Topliss-reactive ketones (excluding diaryl/α,β-unsaturated/α-hetero) is 1. The number of rotatable bonds is 31. The summed E-state index contributed by atoms with van der Waals surface area (Å²) in [7, 11) is 28.0. The predicted molar refractivity (Wildman–Crippen MR) is 493 cm³/mol. The van der Waals surface area contributed by atoms with Crippen LogP contribution in [0.5, 0.6) is 69.0 Å². The van der Waals surface area contributed by atoms with Crippen LogP contribution in [-0.2, 0) is 9.47 Å². The fraction of sp³-hybridized carbons (Fsp3) is 0.388. The summed E-state index contributed by atoms with van der Waals surface area (Å²) in [5.41, 5.74) is 39.5. The van der Waals surface area contributed by atoms with Crippen LogP contribution in [-0.4, -0.2) is 230 Å². The number of hydrogen-bond acceptors (Lipinski definition) is 37. The Bertz CT molecular complexity index is 4940. The van der Waals surface area contributed by atoms with Crippen molar-refractivity contribution in [2.75, 3.05) is 148 Å². The Morgan fingerprint density at radius 3 is 1.05 bits per heavy atom. The molecule has 0 saturated carbocycles. The summed E-state index contributed by atoms with van der Waals surface area (Å²) in [6, 6.07) is 14.1. The first-order chi connectivity index (χ1) is 56.8. The third-order valence-electron chi connectivity index (χ3n) is 16.1. The maximum Gasteiger partial charge on any atom is 0.253 e. The summed E-state index contributed by atoms with van der Waals surface area (Å²) >= 11 is 0. The van der Waals surface area contributed by atoms with E-state index in [1.165, 1.54) is 64.3 Å². The van der Waals surface area contributed by atoms with E-state index in [2.05, 4.69) is 74.6 Å². The second-order valence-electron chi connectivity index (χ2n) is 28.0. The molecule has 0 fully saturated rings.